The molecule has 0 atom stereocenters. The van der Waals surface area contributed by atoms with Crippen molar-refractivity contribution in [2.45, 2.75) is 30.6 Å². The molecule has 1 heterocycles. The van der Waals surface area contributed by atoms with Crippen molar-refractivity contribution in [3.63, 3.8) is 0 Å². The number of hydrogen-bond acceptors (Lipinski definition) is 4. The number of fused-ring (bicyclic) bond motifs is 1. The fraction of sp³-hybridized carbons (Fsp3) is 0.600. The molecule has 1 aromatic carbocycles. The van der Waals surface area contributed by atoms with E-state index in [1.807, 2.05) is 23.9 Å². The maximum Gasteiger partial charge on any atom is 0.165 e. The van der Waals surface area contributed by atoms with Gasteiger partial charge >= 0.3 is 0 Å². The second-order valence-corrected chi connectivity index (χ2v) is 6.56. The van der Waals surface area contributed by atoms with E-state index in [9.17, 15) is 0 Å². The fourth-order valence-corrected chi connectivity index (χ4v) is 3.17. The Labute approximate surface area is 119 Å². The first kappa shape index (κ1) is 13.1. The Kier molecular flexibility index (Phi) is 3.89. The number of benzene rings is 1. The summed E-state index contributed by atoms with van der Waals surface area (Å²) in [5.74, 6) is 1.82. The molecule has 104 valence electrons. The SMILES string of the molecule is CSC1(CNCc2cccc3c2OCCCO3)CC1. The molecular formula is C15H21NO2S. The summed E-state index contributed by atoms with van der Waals surface area (Å²) in [6.45, 7) is 3.44. The zero-order valence-corrected chi connectivity index (χ0v) is 12.2. The number of nitrogens with one attached hydrogen (secondary N) is 1. The van der Waals surface area contributed by atoms with Crippen LogP contribution in [0, 0.1) is 0 Å². The molecule has 0 bridgehead atoms. The Bertz CT molecular complexity index is 446. The van der Waals surface area contributed by atoms with Crippen molar-refractivity contribution in [3.8, 4) is 11.5 Å². The highest BCUT2D eigenvalue weighted by Crippen LogP contribution is 2.46. The molecule has 1 N–H and O–H groups in total. The second kappa shape index (κ2) is 5.63. The molecule has 1 aromatic rings. The van der Waals surface area contributed by atoms with Gasteiger partial charge in [-0.15, -0.1) is 0 Å². The van der Waals surface area contributed by atoms with Crippen LogP contribution in [0.2, 0.25) is 0 Å². The Hall–Kier alpha value is -0.870. The third kappa shape index (κ3) is 3.00. The number of hydrogen-bond donors (Lipinski definition) is 1. The molecule has 3 nitrogen and oxygen atoms in total. The molecule has 0 aromatic heterocycles. The number of rotatable bonds is 5. The minimum Gasteiger partial charge on any atom is -0.490 e. The van der Waals surface area contributed by atoms with Crippen molar-refractivity contribution < 1.29 is 9.47 Å². The summed E-state index contributed by atoms with van der Waals surface area (Å²) in [5.41, 5.74) is 1.20. The van der Waals surface area contributed by atoms with E-state index in [0.717, 1.165) is 44.2 Å². The summed E-state index contributed by atoms with van der Waals surface area (Å²) < 4.78 is 12.1. The van der Waals surface area contributed by atoms with Crippen molar-refractivity contribution in [2.75, 3.05) is 26.0 Å². The molecule has 0 amide bonds. The largest absolute Gasteiger partial charge is 0.490 e. The zero-order chi connectivity index (χ0) is 13.1. The van der Waals surface area contributed by atoms with E-state index < -0.39 is 0 Å². The predicted molar refractivity (Wildman–Crippen MR) is 79.2 cm³/mol. The van der Waals surface area contributed by atoms with Crippen molar-refractivity contribution >= 4 is 11.8 Å². The first-order valence-corrected chi connectivity index (χ1v) is 8.19. The minimum atomic E-state index is 0.503. The van der Waals surface area contributed by atoms with Gasteiger partial charge in [-0.1, -0.05) is 12.1 Å². The summed E-state index contributed by atoms with van der Waals surface area (Å²) in [4.78, 5) is 0. The second-order valence-electron chi connectivity index (χ2n) is 5.29. The standard InChI is InChI=1S/C15H21NO2S/c1-19-15(6-7-15)11-16-10-12-4-2-5-13-14(12)18-9-3-8-17-13/h2,4-5,16H,3,6-11H2,1H3. The van der Waals surface area contributed by atoms with Crippen LogP contribution in [0.1, 0.15) is 24.8 Å². The van der Waals surface area contributed by atoms with E-state index in [0.29, 0.717) is 4.75 Å². The van der Waals surface area contributed by atoms with E-state index in [4.69, 9.17) is 9.47 Å². The topological polar surface area (TPSA) is 30.5 Å². The molecule has 0 unspecified atom stereocenters. The van der Waals surface area contributed by atoms with Gasteiger partial charge in [0.1, 0.15) is 0 Å². The Morgan fingerprint density at radius 2 is 2.11 bits per heavy atom. The van der Waals surface area contributed by atoms with Crippen LogP contribution in [0.25, 0.3) is 0 Å². The van der Waals surface area contributed by atoms with E-state index >= 15 is 0 Å². The third-order valence-corrected chi connectivity index (χ3v) is 5.28. The van der Waals surface area contributed by atoms with Crippen LogP contribution in [0.5, 0.6) is 11.5 Å². The van der Waals surface area contributed by atoms with Gasteiger partial charge in [0.2, 0.25) is 0 Å². The molecule has 19 heavy (non-hydrogen) atoms. The van der Waals surface area contributed by atoms with Gasteiger partial charge in [-0.3, -0.25) is 0 Å². The third-order valence-electron chi connectivity index (χ3n) is 3.86. The summed E-state index contributed by atoms with van der Waals surface area (Å²) in [6.07, 6.45) is 5.85. The maximum atomic E-state index is 5.83. The number of para-hydroxylation sites is 1. The Morgan fingerprint density at radius 1 is 1.26 bits per heavy atom. The fourth-order valence-electron chi connectivity index (χ4n) is 2.41. The van der Waals surface area contributed by atoms with Crippen LogP contribution in [-0.4, -0.2) is 30.8 Å². The lowest BCUT2D eigenvalue weighted by atomic mass is 10.2. The van der Waals surface area contributed by atoms with E-state index in [1.165, 1.54) is 18.4 Å². The van der Waals surface area contributed by atoms with Crippen molar-refractivity contribution in [1.82, 2.24) is 5.32 Å². The smallest absolute Gasteiger partial charge is 0.165 e. The maximum absolute atomic E-state index is 5.83. The molecule has 1 aliphatic heterocycles. The van der Waals surface area contributed by atoms with E-state index in [-0.39, 0.29) is 0 Å². The van der Waals surface area contributed by atoms with Crippen LogP contribution < -0.4 is 14.8 Å². The lowest BCUT2D eigenvalue weighted by Gasteiger charge is -2.16. The van der Waals surface area contributed by atoms with Crippen molar-refractivity contribution in [2.24, 2.45) is 0 Å². The highest BCUT2D eigenvalue weighted by atomic mass is 32.2. The quantitative estimate of drug-likeness (QED) is 0.898. The van der Waals surface area contributed by atoms with Gasteiger partial charge < -0.3 is 14.8 Å². The molecule has 3 rings (SSSR count). The van der Waals surface area contributed by atoms with Crippen molar-refractivity contribution in [3.05, 3.63) is 23.8 Å². The van der Waals surface area contributed by atoms with Crippen LogP contribution in [-0.2, 0) is 6.54 Å². The first-order chi connectivity index (χ1) is 9.33. The monoisotopic (exact) mass is 279 g/mol. The van der Waals surface area contributed by atoms with Gasteiger partial charge in [-0.25, -0.2) is 0 Å². The lowest BCUT2D eigenvalue weighted by molar-refractivity contribution is 0.296. The van der Waals surface area contributed by atoms with Gasteiger partial charge in [-0.05, 0) is 25.2 Å². The van der Waals surface area contributed by atoms with Crippen LogP contribution in [0.3, 0.4) is 0 Å². The summed E-state index contributed by atoms with van der Waals surface area (Å²) in [6, 6.07) is 6.17. The van der Waals surface area contributed by atoms with Crippen LogP contribution in [0.4, 0.5) is 0 Å². The van der Waals surface area contributed by atoms with Gasteiger partial charge in [0.25, 0.3) is 0 Å². The molecule has 0 radical (unpaired) electrons. The lowest BCUT2D eigenvalue weighted by Crippen LogP contribution is -2.25. The Balaban J connectivity index is 1.64. The number of ether oxygens (including phenoxy) is 2. The minimum absolute atomic E-state index is 0.503. The normalized spacial score (nSPS) is 19.8. The predicted octanol–water partition coefficient (Wildman–Crippen LogP) is 2.83. The molecule has 1 fully saturated rings. The van der Waals surface area contributed by atoms with E-state index in [1.54, 1.807) is 0 Å². The van der Waals surface area contributed by atoms with Gasteiger partial charge in [0, 0.05) is 29.8 Å². The van der Waals surface area contributed by atoms with Gasteiger partial charge in [0.15, 0.2) is 11.5 Å². The first-order valence-electron chi connectivity index (χ1n) is 6.96. The number of thioether (sulfide) groups is 1. The molecule has 0 saturated heterocycles. The van der Waals surface area contributed by atoms with E-state index in [2.05, 4.69) is 17.6 Å². The van der Waals surface area contributed by atoms with Gasteiger partial charge in [0.05, 0.1) is 13.2 Å². The summed E-state index contributed by atoms with van der Waals surface area (Å²) in [5, 5.41) is 3.57. The average molecular weight is 279 g/mol. The molecule has 2 aliphatic rings. The van der Waals surface area contributed by atoms with Gasteiger partial charge in [-0.2, -0.15) is 11.8 Å². The zero-order valence-electron chi connectivity index (χ0n) is 11.4. The van der Waals surface area contributed by atoms with Crippen LogP contribution in [0.15, 0.2) is 18.2 Å². The molecule has 1 aliphatic carbocycles. The Morgan fingerprint density at radius 3 is 2.89 bits per heavy atom. The highest BCUT2D eigenvalue weighted by molar-refractivity contribution is 8.00. The molecule has 1 saturated carbocycles. The average Bonchev–Trinajstić information content (AvgIpc) is 3.22. The molecule has 0 spiro atoms. The summed E-state index contributed by atoms with van der Waals surface area (Å²) in [7, 11) is 0. The molecular weight excluding hydrogens is 258 g/mol. The van der Waals surface area contributed by atoms with Crippen LogP contribution >= 0.6 is 11.8 Å². The summed E-state index contributed by atoms with van der Waals surface area (Å²) >= 11 is 1.99. The molecule has 4 heteroatoms. The highest BCUT2D eigenvalue weighted by Gasteiger charge is 2.41. The van der Waals surface area contributed by atoms with Crippen molar-refractivity contribution in [1.29, 1.82) is 0 Å².